The van der Waals surface area contributed by atoms with Crippen molar-refractivity contribution in [2.24, 2.45) is 0 Å². The van der Waals surface area contributed by atoms with Gasteiger partial charge in [-0.05, 0) is 18.2 Å². The molecule has 0 fully saturated rings. The number of nitrogens with zero attached hydrogens (tertiary/aromatic N) is 1. The highest BCUT2D eigenvalue weighted by atomic mass is 32.2. The summed E-state index contributed by atoms with van der Waals surface area (Å²) in [6.07, 6.45) is 0. The van der Waals surface area contributed by atoms with Gasteiger partial charge in [0.2, 0.25) is 0 Å². The molecule has 6 heteroatoms. The van der Waals surface area contributed by atoms with Crippen LogP contribution >= 0.6 is 11.8 Å². The predicted octanol–water partition coefficient (Wildman–Crippen LogP) is 4.26. The predicted molar refractivity (Wildman–Crippen MR) is 102 cm³/mol. The van der Waals surface area contributed by atoms with Crippen molar-refractivity contribution in [2.45, 2.75) is 19.1 Å². The topological polar surface area (TPSA) is 46.6 Å². The molecule has 0 unspecified atom stereocenters. The minimum atomic E-state index is -0.621. The average Bonchev–Trinajstić information content (AvgIpc) is 2.85. The van der Waals surface area contributed by atoms with Gasteiger partial charge in [-0.15, -0.1) is 11.8 Å². The number of rotatable bonds is 5. The van der Waals surface area contributed by atoms with Crippen molar-refractivity contribution < 1.29 is 18.7 Å². The summed E-state index contributed by atoms with van der Waals surface area (Å²) in [5.74, 6) is -1.20. The summed E-state index contributed by atoms with van der Waals surface area (Å²) in [4.78, 5) is 27.4. The van der Waals surface area contributed by atoms with Crippen molar-refractivity contribution in [1.82, 2.24) is 0 Å². The van der Waals surface area contributed by atoms with Crippen LogP contribution in [0, 0.1) is 5.82 Å². The molecule has 4 nitrogen and oxygen atoms in total. The van der Waals surface area contributed by atoms with Gasteiger partial charge in [-0.1, -0.05) is 44.2 Å². The number of halogens is 1. The molecule has 26 heavy (non-hydrogen) atoms. The first-order valence-corrected chi connectivity index (χ1v) is 9.01. The lowest BCUT2D eigenvalue weighted by molar-refractivity contribution is -0.119. The molecule has 1 aliphatic rings. The van der Waals surface area contributed by atoms with E-state index < -0.39 is 17.6 Å². The quantitative estimate of drug-likeness (QED) is 0.737. The zero-order valence-corrected chi connectivity index (χ0v) is 15.5. The smallest absolute Gasteiger partial charge is 0.272 e. The van der Waals surface area contributed by atoms with Gasteiger partial charge in [0, 0.05) is 10.8 Å². The van der Waals surface area contributed by atoms with Gasteiger partial charge in [0.25, 0.3) is 11.8 Å². The largest absolute Gasteiger partial charge is 0.496 e. The highest BCUT2D eigenvalue weighted by Gasteiger charge is 2.42. The highest BCUT2D eigenvalue weighted by molar-refractivity contribution is 8.04. The lowest BCUT2D eigenvalue weighted by atomic mass is 10.0. The number of methoxy groups -OCH3 is 1. The van der Waals surface area contributed by atoms with Crippen LogP contribution in [-0.2, 0) is 9.59 Å². The first-order chi connectivity index (χ1) is 12.5. The Balaban J connectivity index is 2.18. The van der Waals surface area contributed by atoms with Gasteiger partial charge in [-0.3, -0.25) is 9.59 Å². The van der Waals surface area contributed by atoms with E-state index in [-0.39, 0.29) is 16.5 Å². The standard InChI is InChI=1S/C20H18FNO3S/c1-12(2)26-18-17(13-8-4-7-11-16(13)25-3)19(23)22(20(18)24)15-10-6-5-9-14(15)21/h4-12H,1-3H3. The second-order valence-corrected chi connectivity index (χ2v) is 7.55. The monoisotopic (exact) mass is 371 g/mol. The number of para-hydroxylation sites is 2. The molecule has 2 aromatic carbocycles. The molecule has 0 aromatic heterocycles. The minimum Gasteiger partial charge on any atom is -0.496 e. The number of amides is 2. The number of ether oxygens (including phenoxy) is 1. The SMILES string of the molecule is COc1ccccc1C1=C(SC(C)C)C(=O)N(c2ccccc2F)C1=O. The highest BCUT2D eigenvalue weighted by Crippen LogP contribution is 2.42. The van der Waals surface area contributed by atoms with Crippen molar-refractivity contribution >= 4 is 34.8 Å². The molecular weight excluding hydrogens is 353 g/mol. The van der Waals surface area contributed by atoms with Crippen LogP contribution in [0.4, 0.5) is 10.1 Å². The first kappa shape index (κ1) is 18.2. The second-order valence-electron chi connectivity index (χ2n) is 5.97. The lowest BCUT2D eigenvalue weighted by Gasteiger charge is -2.16. The van der Waals surface area contributed by atoms with E-state index in [1.54, 1.807) is 30.3 Å². The van der Waals surface area contributed by atoms with Crippen molar-refractivity contribution in [1.29, 1.82) is 0 Å². The summed E-state index contributed by atoms with van der Waals surface area (Å²) in [5, 5.41) is 0.0760. The van der Waals surface area contributed by atoms with Crippen LogP contribution in [0.3, 0.4) is 0 Å². The lowest BCUT2D eigenvalue weighted by Crippen LogP contribution is -2.32. The molecule has 0 spiro atoms. The number of carbonyl (C=O) groups is 2. The van der Waals surface area contributed by atoms with Crippen molar-refractivity contribution in [2.75, 3.05) is 12.0 Å². The summed E-state index contributed by atoms with van der Waals surface area (Å²) in [7, 11) is 1.50. The van der Waals surface area contributed by atoms with Gasteiger partial charge in [-0.2, -0.15) is 0 Å². The number of carbonyl (C=O) groups excluding carboxylic acids is 2. The fourth-order valence-electron chi connectivity index (χ4n) is 2.80. The molecule has 0 saturated carbocycles. The molecule has 0 radical (unpaired) electrons. The maximum atomic E-state index is 14.3. The Morgan fingerprint density at radius 2 is 1.65 bits per heavy atom. The number of benzene rings is 2. The molecule has 0 aliphatic carbocycles. The van der Waals surface area contributed by atoms with Gasteiger partial charge < -0.3 is 4.74 Å². The molecule has 0 saturated heterocycles. The Kier molecular flexibility index (Phi) is 5.13. The summed E-state index contributed by atoms with van der Waals surface area (Å²) in [5.41, 5.74) is 0.721. The molecular formula is C20H18FNO3S. The van der Waals surface area contributed by atoms with Crippen LogP contribution in [0.15, 0.2) is 53.4 Å². The Morgan fingerprint density at radius 1 is 1.00 bits per heavy atom. The van der Waals surface area contributed by atoms with Gasteiger partial charge >= 0.3 is 0 Å². The third-order valence-corrected chi connectivity index (χ3v) is 4.95. The van der Waals surface area contributed by atoms with Gasteiger partial charge in [0.15, 0.2) is 0 Å². The number of thioether (sulfide) groups is 1. The van der Waals surface area contributed by atoms with E-state index in [1.807, 2.05) is 13.8 Å². The van der Waals surface area contributed by atoms with E-state index >= 15 is 0 Å². The third kappa shape index (κ3) is 3.12. The molecule has 0 bridgehead atoms. The number of anilines is 1. The Labute approximate surface area is 155 Å². The summed E-state index contributed by atoms with van der Waals surface area (Å²) in [6, 6.07) is 12.8. The molecule has 0 atom stereocenters. The van der Waals surface area contributed by atoms with Crippen molar-refractivity contribution in [3.8, 4) is 5.75 Å². The third-order valence-electron chi connectivity index (χ3n) is 3.86. The molecule has 0 N–H and O–H groups in total. The zero-order valence-electron chi connectivity index (χ0n) is 14.7. The Bertz CT molecular complexity index is 907. The molecule has 2 aromatic rings. The maximum absolute atomic E-state index is 14.3. The number of hydrogen-bond acceptors (Lipinski definition) is 4. The van der Waals surface area contributed by atoms with Crippen LogP contribution in [0.25, 0.3) is 5.57 Å². The van der Waals surface area contributed by atoms with E-state index in [2.05, 4.69) is 0 Å². The van der Waals surface area contributed by atoms with E-state index in [0.29, 0.717) is 16.2 Å². The molecule has 1 heterocycles. The van der Waals surface area contributed by atoms with Gasteiger partial charge in [0.05, 0.1) is 23.3 Å². The van der Waals surface area contributed by atoms with E-state index in [1.165, 1.54) is 37.1 Å². The Hall–Kier alpha value is -2.60. The fourth-order valence-corrected chi connectivity index (χ4v) is 3.77. The van der Waals surface area contributed by atoms with E-state index in [4.69, 9.17) is 4.74 Å². The van der Waals surface area contributed by atoms with E-state index in [9.17, 15) is 14.0 Å². The van der Waals surface area contributed by atoms with Crippen LogP contribution < -0.4 is 9.64 Å². The summed E-state index contributed by atoms with van der Waals surface area (Å²) < 4.78 is 19.6. The minimum absolute atomic E-state index is 0.0470. The number of hydrogen-bond donors (Lipinski definition) is 0. The second kappa shape index (κ2) is 7.33. The summed E-state index contributed by atoms with van der Waals surface area (Å²) >= 11 is 1.29. The summed E-state index contributed by atoms with van der Waals surface area (Å²) in [6.45, 7) is 3.86. The fraction of sp³-hybridized carbons (Fsp3) is 0.200. The van der Waals surface area contributed by atoms with Crippen molar-refractivity contribution in [3.05, 3.63) is 64.8 Å². The van der Waals surface area contributed by atoms with Crippen LogP contribution in [0.5, 0.6) is 5.75 Å². The van der Waals surface area contributed by atoms with E-state index in [0.717, 1.165) is 4.90 Å². The van der Waals surface area contributed by atoms with Crippen LogP contribution in [0.2, 0.25) is 0 Å². The average molecular weight is 371 g/mol. The Morgan fingerprint density at radius 3 is 2.31 bits per heavy atom. The first-order valence-electron chi connectivity index (χ1n) is 8.13. The van der Waals surface area contributed by atoms with Gasteiger partial charge in [0.1, 0.15) is 11.6 Å². The maximum Gasteiger partial charge on any atom is 0.272 e. The number of imide groups is 1. The zero-order chi connectivity index (χ0) is 18.8. The molecule has 134 valence electrons. The van der Waals surface area contributed by atoms with Crippen molar-refractivity contribution in [3.63, 3.8) is 0 Å². The van der Waals surface area contributed by atoms with Crippen LogP contribution in [-0.4, -0.2) is 24.2 Å². The molecule has 1 aliphatic heterocycles. The molecule has 2 amide bonds. The molecule has 3 rings (SSSR count). The van der Waals surface area contributed by atoms with Gasteiger partial charge in [-0.25, -0.2) is 9.29 Å². The van der Waals surface area contributed by atoms with Crippen LogP contribution in [0.1, 0.15) is 19.4 Å². The normalized spacial score (nSPS) is 14.6.